The van der Waals surface area contributed by atoms with Crippen molar-refractivity contribution in [1.82, 2.24) is 9.97 Å². The smallest absolute Gasteiger partial charge is 0.356 e. The minimum atomic E-state index is -1.04. The molecule has 1 N–H and O–H groups in total. The van der Waals surface area contributed by atoms with Gasteiger partial charge in [-0.15, -0.1) is 0 Å². The molecule has 92 valence electrons. The van der Waals surface area contributed by atoms with E-state index in [-0.39, 0.29) is 5.69 Å². The summed E-state index contributed by atoms with van der Waals surface area (Å²) in [5.74, 6) is 1.08. The Morgan fingerprint density at radius 2 is 2.24 bits per heavy atom. The van der Waals surface area contributed by atoms with E-state index in [0.29, 0.717) is 11.8 Å². The molecule has 1 aliphatic heterocycles. The lowest BCUT2D eigenvalue weighted by Crippen LogP contribution is -2.21. The lowest BCUT2D eigenvalue weighted by molar-refractivity contribution is 0.0690. The Hall–Kier alpha value is -1.65. The van der Waals surface area contributed by atoms with Crippen LogP contribution in [0.5, 0.6) is 0 Å². The van der Waals surface area contributed by atoms with Gasteiger partial charge in [-0.05, 0) is 11.8 Å². The second-order valence-electron chi connectivity index (χ2n) is 4.62. The number of aromatic nitrogens is 2. The normalized spacial score (nSPS) is 24.0. The molecule has 0 spiro atoms. The fourth-order valence-corrected chi connectivity index (χ4v) is 2.35. The Labute approximate surface area is 100 Å². The van der Waals surface area contributed by atoms with Crippen molar-refractivity contribution in [2.24, 2.45) is 11.8 Å². The maximum atomic E-state index is 10.7. The van der Waals surface area contributed by atoms with E-state index in [9.17, 15) is 4.79 Å². The highest BCUT2D eigenvalue weighted by Crippen LogP contribution is 2.28. The number of rotatable bonds is 3. The van der Waals surface area contributed by atoms with Crippen LogP contribution in [-0.2, 0) is 0 Å². The number of carboxylic acid groups (broad SMARTS) is 1. The van der Waals surface area contributed by atoms with Crippen LogP contribution in [0.1, 0.15) is 30.8 Å². The first-order chi connectivity index (χ1) is 8.11. The maximum absolute atomic E-state index is 10.7. The molecule has 0 aromatic carbocycles. The highest BCUT2D eigenvalue weighted by Gasteiger charge is 2.29. The number of carboxylic acids is 1. The molecule has 0 unspecified atom stereocenters. The van der Waals surface area contributed by atoms with E-state index >= 15 is 0 Å². The van der Waals surface area contributed by atoms with Crippen LogP contribution in [0.4, 0.5) is 5.82 Å². The third-order valence-corrected chi connectivity index (χ3v) is 3.47. The molecule has 2 rings (SSSR count). The van der Waals surface area contributed by atoms with Gasteiger partial charge in [-0.25, -0.2) is 14.8 Å². The van der Waals surface area contributed by atoms with Crippen LogP contribution < -0.4 is 4.90 Å². The number of hydrogen-bond donors (Lipinski definition) is 1. The van der Waals surface area contributed by atoms with Crippen LogP contribution in [0, 0.1) is 11.8 Å². The SMILES string of the molecule is CC[C@H]1CN(c2cnc(C(=O)O)cn2)C[C@H]1C. The first-order valence-corrected chi connectivity index (χ1v) is 5.92. The van der Waals surface area contributed by atoms with Gasteiger partial charge < -0.3 is 10.0 Å². The van der Waals surface area contributed by atoms with Crippen LogP contribution >= 0.6 is 0 Å². The molecule has 1 aromatic rings. The van der Waals surface area contributed by atoms with Crippen molar-refractivity contribution < 1.29 is 9.90 Å². The minimum Gasteiger partial charge on any atom is -0.476 e. The minimum absolute atomic E-state index is 0.00645. The maximum Gasteiger partial charge on any atom is 0.356 e. The van der Waals surface area contributed by atoms with E-state index < -0.39 is 5.97 Å². The summed E-state index contributed by atoms with van der Waals surface area (Å²) < 4.78 is 0. The van der Waals surface area contributed by atoms with Crippen LogP contribution in [-0.4, -0.2) is 34.1 Å². The third kappa shape index (κ3) is 2.38. The second-order valence-corrected chi connectivity index (χ2v) is 4.62. The fraction of sp³-hybridized carbons (Fsp3) is 0.583. The topological polar surface area (TPSA) is 66.3 Å². The van der Waals surface area contributed by atoms with Crippen molar-refractivity contribution in [3.05, 3.63) is 18.1 Å². The molecular weight excluding hydrogens is 218 g/mol. The predicted molar refractivity (Wildman–Crippen MR) is 64.1 cm³/mol. The Bertz CT molecular complexity index is 405. The van der Waals surface area contributed by atoms with E-state index in [4.69, 9.17) is 5.11 Å². The molecule has 5 heteroatoms. The van der Waals surface area contributed by atoms with Crippen molar-refractivity contribution in [2.75, 3.05) is 18.0 Å². The van der Waals surface area contributed by atoms with Gasteiger partial charge >= 0.3 is 5.97 Å². The summed E-state index contributed by atoms with van der Waals surface area (Å²) in [5.41, 5.74) is -0.00645. The van der Waals surface area contributed by atoms with Gasteiger partial charge in [0.1, 0.15) is 5.82 Å². The fourth-order valence-electron chi connectivity index (χ4n) is 2.35. The first kappa shape index (κ1) is 11.8. The van der Waals surface area contributed by atoms with Gasteiger partial charge in [0.15, 0.2) is 5.69 Å². The molecule has 2 atom stereocenters. The van der Waals surface area contributed by atoms with Crippen LogP contribution in [0.25, 0.3) is 0 Å². The van der Waals surface area contributed by atoms with E-state index in [1.165, 1.54) is 6.20 Å². The number of aromatic carboxylic acids is 1. The third-order valence-electron chi connectivity index (χ3n) is 3.47. The van der Waals surface area contributed by atoms with E-state index in [2.05, 4.69) is 28.7 Å². The number of carbonyl (C=O) groups is 1. The Morgan fingerprint density at radius 3 is 2.71 bits per heavy atom. The Kier molecular flexibility index (Phi) is 3.26. The van der Waals surface area contributed by atoms with Crippen molar-refractivity contribution in [2.45, 2.75) is 20.3 Å². The number of anilines is 1. The predicted octanol–water partition coefficient (Wildman–Crippen LogP) is 1.66. The molecule has 0 radical (unpaired) electrons. The van der Waals surface area contributed by atoms with Gasteiger partial charge in [0.2, 0.25) is 0 Å². The highest BCUT2D eigenvalue weighted by molar-refractivity contribution is 5.84. The molecule has 1 aliphatic rings. The lowest BCUT2D eigenvalue weighted by atomic mass is 9.96. The lowest BCUT2D eigenvalue weighted by Gasteiger charge is -2.16. The summed E-state index contributed by atoms with van der Waals surface area (Å²) >= 11 is 0. The largest absolute Gasteiger partial charge is 0.476 e. The van der Waals surface area contributed by atoms with Gasteiger partial charge in [-0.1, -0.05) is 20.3 Å². The summed E-state index contributed by atoms with van der Waals surface area (Å²) in [5, 5.41) is 8.75. The zero-order chi connectivity index (χ0) is 12.4. The summed E-state index contributed by atoms with van der Waals surface area (Å²) in [6.45, 7) is 6.40. The Morgan fingerprint density at radius 1 is 1.47 bits per heavy atom. The average Bonchev–Trinajstić information content (AvgIpc) is 2.70. The van der Waals surface area contributed by atoms with Crippen LogP contribution in [0.2, 0.25) is 0 Å². The number of hydrogen-bond acceptors (Lipinski definition) is 4. The van der Waals surface area contributed by atoms with Crippen molar-refractivity contribution in [3.8, 4) is 0 Å². The van der Waals surface area contributed by atoms with Gasteiger partial charge in [0.25, 0.3) is 0 Å². The molecule has 0 bridgehead atoms. The summed E-state index contributed by atoms with van der Waals surface area (Å²) in [6, 6.07) is 0. The quantitative estimate of drug-likeness (QED) is 0.863. The summed E-state index contributed by atoms with van der Waals surface area (Å²) in [6.07, 6.45) is 4.04. The summed E-state index contributed by atoms with van der Waals surface area (Å²) in [4.78, 5) is 20.9. The van der Waals surface area contributed by atoms with Gasteiger partial charge in [-0.2, -0.15) is 0 Å². The molecule has 1 aromatic heterocycles. The number of nitrogens with zero attached hydrogens (tertiary/aromatic N) is 3. The average molecular weight is 235 g/mol. The molecule has 5 nitrogen and oxygen atoms in total. The molecular formula is C12H17N3O2. The van der Waals surface area contributed by atoms with Crippen molar-refractivity contribution >= 4 is 11.8 Å². The van der Waals surface area contributed by atoms with Crippen molar-refractivity contribution in [3.63, 3.8) is 0 Å². The molecule has 0 aliphatic carbocycles. The van der Waals surface area contributed by atoms with E-state index in [1.807, 2.05) is 0 Å². The highest BCUT2D eigenvalue weighted by atomic mass is 16.4. The van der Waals surface area contributed by atoms with Gasteiger partial charge in [0.05, 0.1) is 12.4 Å². The standard InChI is InChI=1S/C12H17N3O2/c1-3-9-7-15(6-8(9)2)11-5-13-10(4-14-11)12(16)17/h4-5,8-9H,3,6-7H2,1-2H3,(H,16,17)/t8-,9+/m1/s1. The van der Waals surface area contributed by atoms with Gasteiger partial charge in [0, 0.05) is 13.1 Å². The molecule has 1 fully saturated rings. The van der Waals surface area contributed by atoms with E-state index in [1.54, 1.807) is 6.20 Å². The van der Waals surface area contributed by atoms with Crippen LogP contribution in [0.15, 0.2) is 12.4 Å². The summed E-state index contributed by atoms with van der Waals surface area (Å²) in [7, 11) is 0. The van der Waals surface area contributed by atoms with Gasteiger partial charge in [-0.3, -0.25) is 0 Å². The van der Waals surface area contributed by atoms with Crippen molar-refractivity contribution in [1.29, 1.82) is 0 Å². The molecule has 1 saturated heterocycles. The zero-order valence-corrected chi connectivity index (χ0v) is 10.1. The Balaban J connectivity index is 2.11. The molecule has 0 saturated carbocycles. The van der Waals surface area contributed by atoms with Crippen LogP contribution in [0.3, 0.4) is 0 Å². The first-order valence-electron chi connectivity index (χ1n) is 5.92. The zero-order valence-electron chi connectivity index (χ0n) is 10.1. The molecule has 0 amide bonds. The second kappa shape index (κ2) is 4.69. The monoisotopic (exact) mass is 235 g/mol. The van der Waals surface area contributed by atoms with E-state index in [0.717, 1.165) is 25.3 Å². The molecule has 2 heterocycles. The molecule has 17 heavy (non-hydrogen) atoms.